The van der Waals surface area contributed by atoms with E-state index < -0.39 is 5.82 Å². The van der Waals surface area contributed by atoms with Crippen LogP contribution in [0, 0.1) is 11.7 Å². The highest BCUT2D eigenvalue weighted by atomic mass is 35.5. The minimum atomic E-state index is -0.429. The summed E-state index contributed by atoms with van der Waals surface area (Å²) >= 11 is 7.72. The van der Waals surface area contributed by atoms with Gasteiger partial charge >= 0.3 is 0 Å². The van der Waals surface area contributed by atoms with E-state index in [1.54, 1.807) is 17.7 Å². The molecule has 1 unspecified atom stereocenters. The fourth-order valence-electron chi connectivity index (χ4n) is 3.53. The average molecular weight is 419 g/mol. The molecule has 1 aromatic carbocycles. The molecular formula is C20H20ClFN4OS. The molecule has 146 valence electrons. The van der Waals surface area contributed by atoms with Crippen LogP contribution in [0.15, 0.2) is 30.6 Å². The van der Waals surface area contributed by atoms with Gasteiger partial charge in [0.05, 0.1) is 22.0 Å². The number of nitrogens with one attached hydrogen (secondary N) is 1. The lowest BCUT2D eigenvalue weighted by atomic mass is 9.96. The zero-order valence-electron chi connectivity index (χ0n) is 15.4. The fraction of sp³-hybridized carbons (Fsp3) is 0.350. The Morgan fingerprint density at radius 3 is 3.04 bits per heavy atom. The first-order chi connectivity index (χ1) is 13.5. The van der Waals surface area contributed by atoms with Crippen LogP contribution in [0.5, 0.6) is 0 Å². The number of halogens is 2. The van der Waals surface area contributed by atoms with Crippen molar-refractivity contribution < 1.29 is 9.18 Å². The summed E-state index contributed by atoms with van der Waals surface area (Å²) in [7, 11) is 0. The van der Waals surface area contributed by atoms with Gasteiger partial charge in [-0.15, -0.1) is 11.3 Å². The van der Waals surface area contributed by atoms with E-state index in [1.807, 2.05) is 0 Å². The third kappa shape index (κ3) is 3.82. The molecular weight excluding hydrogens is 399 g/mol. The second kappa shape index (κ2) is 8.01. The zero-order valence-corrected chi connectivity index (χ0v) is 17.0. The Balaban J connectivity index is 1.53. The van der Waals surface area contributed by atoms with Crippen LogP contribution in [0.25, 0.3) is 10.2 Å². The summed E-state index contributed by atoms with van der Waals surface area (Å²) in [5, 5.41) is 4.08. The molecule has 5 nitrogen and oxygen atoms in total. The Morgan fingerprint density at radius 1 is 1.39 bits per heavy atom. The molecule has 1 amide bonds. The van der Waals surface area contributed by atoms with Crippen LogP contribution in [0.4, 0.5) is 15.9 Å². The van der Waals surface area contributed by atoms with Gasteiger partial charge in [0.25, 0.3) is 0 Å². The number of hydrogen-bond donors (Lipinski definition) is 1. The minimum Gasteiger partial charge on any atom is -0.355 e. The second-order valence-corrected chi connectivity index (χ2v) is 8.40. The average Bonchev–Trinajstić information content (AvgIpc) is 3.13. The summed E-state index contributed by atoms with van der Waals surface area (Å²) in [6, 6.07) is 6.12. The lowest BCUT2D eigenvalue weighted by molar-refractivity contribution is -0.120. The molecule has 1 fully saturated rings. The predicted octanol–water partition coefficient (Wildman–Crippen LogP) is 4.90. The van der Waals surface area contributed by atoms with Crippen molar-refractivity contribution in [2.75, 3.05) is 23.3 Å². The maximum Gasteiger partial charge on any atom is 0.229 e. The molecule has 0 saturated carbocycles. The highest BCUT2D eigenvalue weighted by Crippen LogP contribution is 2.33. The molecule has 1 aliphatic rings. The van der Waals surface area contributed by atoms with E-state index in [1.165, 1.54) is 23.1 Å². The Labute approximate surface area is 171 Å². The number of amides is 1. The molecule has 0 spiro atoms. The molecule has 8 heteroatoms. The van der Waals surface area contributed by atoms with Gasteiger partial charge in [-0.05, 0) is 43.5 Å². The summed E-state index contributed by atoms with van der Waals surface area (Å²) in [6.07, 6.45) is 4.24. The van der Waals surface area contributed by atoms with E-state index >= 15 is 0 Å². The number of fused-ring (bicyclic) bond motifs is 1. The highest BCUT2D eigenvalue weighted by molar-refractivity contribution is 7.18. The Hall–Kier alpha value is -2.25. The van der Waals surface area contributed by atoms with Gasteiger partial charge in [0.1, 0.15) is 22.8 Å². The van der Waals surface area contributed by atoms with E-state index in [2.05, 4.69) is 33.2 Å². The Morgan fingerprint density at radius 2 is 2.25 bits per heavy atom. The lowest BCUT2D eigenvalue weighted by Gasteiger charge is -2.33. The smallest absolute Gasteiger partial charge is 0.229 e. The second-order valence-electron chi connectivity index (χ2n) is 6.88. The van der Waals surface area contributed by atoms with Crippen LogP contribution in [-0.4, -0.2) is 29.0 Å². The molecule has 1 saturated heterocycles. The summed E-state index contributed by atoms with van der Waals surface area (Å²) in [5.41, 5.74) is 0.431. The molecule has 3 heterocycles. The van der Waals surface area contributed by atoms with Crippen molar-refractivity contribution in [3.63, 3.8) is 0 Å². The van der Waals surface area contributed by atoms with Crippen molar-refractivity contribution in [1.29, 1.82) is 0 Å². The van der Waals surface area contributed by atoms with Gasteiger partial charge in [0.15, 0.2) is 0 Å². The molecule has 0 radical (unpaired) electrons. The van der Waals surface area contributed by atoms with E-state index in [4.69, 9.17) is 11.6 Å². The van der Waals surface area contributed by atoms with Gasteiger partial charge in [-0.25, -0.2) is 14.4 Å². The van der Waals surface area contributed by atoms with E-state index in [0.29, 0.717) is 12.2 Å². The third-order valence-corrected chi connectivity index (χ3v) is 6.49. The number of nitrogens with zero attached hydrogens (tertiary/aromatic N) is 3. The largest absolute Gasteiger partial charge is 0.355 e. The topological polar surface area (TPSA) is 58.1 Å². The number of hydrogen-bond acceptors (Lipinski definition) is 5. The monoisotopic (exact) mass is 418 g/mol. The van der Waals surface area contributed by atoms with Crippen LogP contribution >= 0.6 is 22.9 Å². The number of rotatable bonds is 4. The van der Waals surface area contributed by atoms with Gasteiger partial charge < -0.3 is 10.2 Å². The van der Waals surface area contributed by atoms with Gasteiger partial charge in [0, 0.05) is 18.0 Å². The number of aryl methyl sites for hydroxylation is 1. The first kappa shape index (κ1) is 19.1. The van der Waals surface area contributed by atoms with Crippen LogP contribution in [-0.2, 0) is 11.2 Å². The third-order valence-electron chi connectivity index (χ3n) is 4.99. The molecule has 1 aliphatic heterocycles. The molecule has 2 aromatic heterocycles. The molecule has 1 N–H and O–H groups in total. The Bertz CT molecular complexity index is 1020. The van der Waals surface area contributed by atoms with Crippen molar-refractivity contribution >= 4 is 50.6 Å². The first-order valence-electron chi connectivity index (χ1n) is 9.29. The Kier molecular flexibility index (Phi) is 5.46. The van der Waals surface area contributed by atoms with Crippen molar-refractivity contribution in [3.05, 3.63) is 46.3 Å². The van der Waals surface area contributed by atoms with Gasteiger partial charge in [-0.2, -0.15) is 0 Å². The van der Waals surface area contributed by atoms with Crippen molar-refractivity contribution in [2.24, 2.45) is 5.92 Å². The zero-order chi connectivity index (χ0) is 19.7. The molecule has 3 aromatic rings. The minimum absolute atomic E-state index is 0.108. The fourth-order valence-corrected chi connectivity index (χ4v) is 4.67. The van der Waals surface area contributed by atoms with E-state index in [-0.39, 0.29) is 16.8 Å². The highest BCUT2D eigenvalue weighted by Gasteiger charge is 2.28. The number of carbonyl (C=O) groups is 1. The van der Waals surface area contributed by atoms with Crippen LogP contribution in [0.3, 0.4) is 0 Å². The molecule has 0 bridgehead atoms. The van der Waals surface area contributed by atoms with E-state index in [9.17, 15) is 9.18 Å². The van der Waals surface area contributed by atoms with Gasteiger partial charge in [0.2, 0.25) is 5.91 Å². The van der Waals surface area contributed by atoms with Crippen LogP contribution in [0.1, 0.15) is 24.6 Å². The predicted molar refractivity (Wildman–Crippen MR) is 112 cm³/mol. The quantitative estimate of drug-likeness (QED) is 0.654. The lowest BCUT2D eigenvalue weighted by Crippen LogP contribution is -2.41. The van der Waals surface area contributed by atoms with Crippen molar-refractivity contribution in [2.45, 2.75) is 26.2 Å². The molecule has 4 rings (SSSR count). The van der Waals surface area contributed by atoms with Gasteiger partial charge in [-0.1, -0.05) is 18.5 Å². The number of aromatic nitrogens is 2. The van der Waals surface area contributed by atoms with Crippen molar-refractivity contribution in [1.82, 2.24) is 9.97 Å². The summed E-state index contributed by atoms with van der Waals surface area (Å²) in [4.78, 5) is 26.1. The molecule has 1 atom stereocenters. The summed E-state index contributed by atoms with van der Waals surface area (Å²) in [6.45, 7) is 3.55. The molecule has 28 heavy (non-hydrogen) atoms. The maximum absolute atomic E-state index is 13.2. The SMILES string of the molecule is CCc1cc2c(N3CCCC(C(=O)Nc4ccc(F)cc4Cl)C3)ncnc2s1. The normalized spacial score (nSPS) is 17.1. The number of carbonyl (C=O) groups excluding carboxylic acids is 1. The number of piperidine rings is 1. The first-order valence-corrected chi connectivity index (χ1v) is 10.5. The number of thiophene rings is 1. The van der Waals surface area contributed by atoms with Gasteiger partial charge in [-0.3, -0.25) is 4.79 Å². The summed E-state index contributed by atoms with van der Waals surface area (Å²) < 4.78 is 13.2. The maximum atomic E-state index is 13.2. The summed E-state index contributed by atoms with van der Waals surface area (Å²) in [5.74, 6) is 0.160. The van der Waals surface area contributed by atoms with Crippen LogP contribution < -0.4 is 10.2 Å². The standard InChI is InChI=1S/C20H20ClFN4OS/c1-2-14-9-15-18(23-11-24-20(15)28-14)26-7-3-4-12(10-26)19(27)25-17-6-5-13(22)8-16(17)21/h5-6,8-9,11-12H,2-4,7,10H2,1H3,(H,25,27). The number of benzene rings is 1. The molecule has 0 aliphatic carbocycles. The number of anilines is 2. The van der Waals surface area contributed by atoms with Crippen molar-refractivity contribution in [3.8, 4) is 0 Å². The van der Waals surface area contributed by atoms with E-state index in [0.717, 1.165) is 41.8 Å². The van der Waals surface area contributed by atoms with Crippen LogP contribution in [0.2, 0.25) is 5.02 Å².